The molecular weight excluding hydrogens is 315 g/mol. The average molecular weight is 322 g/mol. The van der Waals surface area contributed by atoms with Gasteiger partial charge < -0.3 is 5.32 Å². The van der Waals surface area contributed by atoms with Crippen molar-refractivity contribution in [1.29, 1.82) is 0 Å². The summed E-state index contributed by atoms with van der Waals surface area (Å²) in [5.41, 5.74) is 0.606. The van der Waals surface area contributed by atoms with E-state index in [1.165, 1.54) is 0 Å². The number of alkyl halides is 1. The normalized spacial score (nSPS) is 17.9. The maximum absolute atomic E-state index is 11.6. The number of nitrogens with one attached hydrogen (secondary N) is 1. The molecule has 0 saturated heterocycles. The van der Waals surface area contributed by atoms with E-state index in [9.17, 15) is 8.42 Å². The van der Waals surface area contributed by atoms with Crippen LogP contribution in [0.3, 0.4) is 0 Å². The van der Waals surface area contributed by atoms with Gasteiger partial charge in [0.2, 0.25) is 0 Å². The highest BCUT2D eigenvalue weighted by atomic mass is 127. The molecule has 0 bridgehead atoms. The molecule has 0 aliphatic carbocycles. The van der Waals surface area contributed by atoms with Crippen LogP contribution in [-0.2, 0) is 10.0 Å². The predicted octanol–water partition coefficient (Wildman–Crippen LogP) is 1.63. The molecule has 0 fully saturated rings. The van der Waals surface area contributed by atoms with Crippen molar-refractivity contribution < 1.29 is 8.42 Å². The lowest BCUT2D eigenvalue weighted by Gasteiger charge is -2.16. The Morgan fingerprint density at radius 3 is 2.79 bits per heavy atom. The first kappa shape index (κ1) is 9.91. The second-order valence-corrected chi connectivity index (χ2v) is 5.10. The zero-order valence-corrected chi connectivity index (χ0v) is 10.0. The molecule has 0 spiro atoms. The molecular formula is C8H7IN2O2S. The minimum absolute atomic E-state index is 0.244. The van der Waals surface area contributed by atoms with Gasteiger partial charge in [0.05, 0.1) is 10.1 Å². The lowest BCUT2D eigenvalue weighted by atomic mass is 10.3. The van der Waals surface area contributed by atoms with E-state index in [2.05, 4.69) is 32.3 Å². The fourth-order valence-corrected chi connectivity index (χ4v) is 2.96. The van der Waals surface area contributed by atoms with Gasteiger partial charge in [-0.05, 0) is 12.1 Å². The van der Waals surface area contributed by atoms with Crippen LogP contribution in [0, 0.1) is 0 Å². The number of nitrogens with zero attached hydrogens (tertiary/aromatic N) is 1. The van der Waals surface area contributed by atoms with Crippen molar-refractivity contribution in [1.82, 2.24) is 0 Å². The Hall–Kier alpha value is -0.630. The van der Waals surface area contributed by atoms with Crippen LogP contribution >= 0.6 is 22.6 Å². The summed E-state index contributed by atoms with van der Waals surface area (Å²) in [6, 6.07) is 6.75. The second-order valence-electron chi connectivity index (χ2n) is 2.77. The van der Waals surface area contributed by atoms with Crippen LogP contribution in [0.1, 0.15) is 0 Å². The first-order chi connectivity index (χ1) is 6.63. The minimum Gasteiger partial charge on any atom is -0.341 e. The highest BCUT2D eigenvalue weighted by molar-refractivity contribution is 14.1. The van der Waals surface area contributed by atoms with E-state index in [4.69, 9.17) is 0 Å². The number of amidine groups is 1. The summed E-state index contributed by atoms with van der Waals surface area (Å²) in [5, 5.41) is 2.97. The SMILES string of the molecule is O=S1(=O)N=C(CI)Nc2ccccc21. The Balaban J connectivity index is 2.63. The summed E-state index contributed by atoms with van der Waals surface area (Å²) < 4.78 is 27.4. The highest BCUT2D eigenvalue weighted by Gasteiger charge is 2.23. The van der Waals surface area contributed by atoms with Crippen LogP contribution in [0.5, 0.6) is 0 Å². The molecule has 14 heavy (non-hydrogen) atoms. The Morgan fingerprint density at radius 2 is 2.07 bits per heavy atom. The van der Waals surface area contributed by atoms with Gasteiger partial charge in [-0.3, -0.25) is 0 Å². The number of hydrogen-bond acceptors (Lipinski definition) is 3. The number of para-hydroxylation sites is 1. The Bertz CT molecular complexity index is 496. The molecule has 1 aromatic rings. The van der Waals surface area contributed by atoms with Gasteiger partial charge in [-0.15, -0.1) is 4.40 Å². The number of sulfonamides is 1. The molecule has 74 valence electrons. The molecule has 0 aromatic heterocycles. The van der Waals surface area contributed by atoms with Crippen LogP contribution in [0.25, 0.3) is 0 Å². The Kier molecular flexibility index (Phi) is 2.48. The van der Waals surface area contributed by atoms with Crippen LogP contribution in [0.4, 0.5) is 5.69 Å². The highest BCUT2D eigenvalue weighted by Crippen LogP contribution is 2.26. The number of benzene rings is 1. The van der Waals surface area contributed by atoms with Crippen molar-refractivity contribution >= 4 is 44.1 Å². The molecule has 1 aromatic carbocycles. The van der Waals surface area contributed by atoms with Gasteiger partial charge >= 0.3 is 0 Å². The van der Waals surface area contributed by atoms with E-state index < -0.39 is 10.0 Å². The molecule has 0 unspecified atom stereocenters. The topological polar surface area (TPSA) is 58.5 Å². The summed E-state index contributed by atoms with van der Waals surface area (Å²) in [4.78, 5) is 0.244. The minimum atomic E-state index is -3.48. The predicted molar refractivity (Wildman–Crippen MR) is 63.6 cm³/mol. The monoisotopic (exact) mass is 322 g/mol. The fraction of sp³-hybridized carbons (Fsp3) is 0.125. The Labute approximate surface area is 95.6 Å². The van der Waals surface area contributed by atoms with Crippen molar-refractivity contribution in [3.8, 4) is 0 Å². The van der Waals surface area contributed by atoms with Crippen molar-refractivity contribution in [2.45, 2.75) is 4.90 Å². The molecule has 0 saturated carbocycles. The summed E-state index contributed by atoms with van der Waals surface area (Å²) in [7, 11) is -3.48. The quantitative estimate of drug-likeness (QED) is 0.632. The fourth-order valence-electron chi connectivity index (χ4n) is 1.23. The van der Waals surface area contributed by atoms with Crippen LogP contribution in [0.15, 0.2) is 33.6 Å². The Morgan fingerprint density at radius 1 is 1.36 bits per heavy atom. The van der Waals surface area contributed by atoms with Crippen molar-refractivity contribution in [2.24, 2.45) is 4.40 Å². The maximum Gasteiger partial charge on any atom is 0.286 e. The van der Waals surface area contributed by atoms with E-state index in [1.807, 2.05) is 0 Å². The molecule has 0 amide bonds. The zero-order valence-electron chi connectivity index (χ0n) is 7.07. The number of halogens is 1. The molecule has 6 heteroatoms. The first-order valence-electron chi connectivity index (χ1n) is 3.89. The lowest BCUT2D eigenvalue weighted by Crippen LogP contribution is -2.22. The van der Waals surface area contributed by atoms with Crippen LogP contribution in [0.2, 0.25) is 0 Å². The largest absolute Gasteiger partial charge is 0.341 e. The molecule has 1 aliphatic heterocycles. The molecule has 1 N–H and O–H groups in total. The smallest absolute Gasteiger partial charge is 0.286 e. The van der Waals surface area contributed by atoms with Gasteiger partial charge in [-0.2, -0.15) is 8.42 Å². The molecule has 0 radical (unpaired) electrons. The van der Waals surface area contributed by atoms with Crippen LogP contribution in [-0.4, -0.2) is 18.7 Å². The third-order valence-corrected chi connectivity index (χ3v) is 3.90. The number of hydrogen-bond donors (Lipinski definition) is 1. The van der Waals surface area contributed by atoms with Gasteiger partial charge in [0.15, 0.2) is 0 Å². The van der Waals surface area contributed by atoms with Gasteiger partial charge in [0.25, 0.3) is 10.0 Å². The van der Waals surface area contributed by atoms with Gasteiger partial charge in [0, 0.05) is 0 Å². The third kappa shape index (κ3) is 1.63. The molecule has 1 heterocycles. The number of rotatable bonds is 1. The average Bonchev–Trinajstić information content (AvgIpc) is 2.17. The first-order valence-corrected chi connectivity index (χ1v) is 6.86. The molecule has 4 nitrogen and oxygen atoms in total. The maximum atomic E-state index is 11.6. The number of fused-ring (bicyclic) bond motifs is 1. The van der Waals surface area contributed by atoms with Crippen LogP contribution < -0.4 is 5.32 Å². The third-order valence-electron chi connectivity index (χ3n) is 1.80. The van der Waals surface area contributed by atoms with Gasteiger partial charge in [-0.1, -0.05) is 34.7 Å². The number of anilines is 1. The van der Waals surface area contributed by atoms with E-state index in [1.54, 1.807) is 24.3 Å². The standard InChI is InChI=1S/C8H7IN2O2S/c9-5-8-10-6-3-1-2-4-7(6)14(12,13)11-8/h1-4H,5H2,(H,10,11). The molecule has 0 atom stereocenters. The summed E-state index contributed by atoms with van der Waals surface area (Å²) in [5.74, 6) is 0.476. The summed E-state index contributed by atoms with van der Waals surface area (Å²) >= 11 is 2.06. The van der Waals surface area contributed by atoms with Gasteiger partial charge in [0.1, 0.15) is 10.7 Å². The lowest BCUT2D eigenvalue weighted by molar-refractivity contribution is 0.598. The molecule has 1 aliphatic rings. The van der Waals surface area contributed by atoms with Crippen molar-refractivity contribution in [3.05, 3.63) is 24.3 Å². The van der Waals surface area contributed by atoms with E-state index in [0.717, 1.165) is 0 Å². The van der Waals surface area contributed by atoms with Gasteiger partial charge in [-0.25, -0.2) is 0 Å². The summed E-state index contributed by atoms with van der Waals surface area (Å²) in [6.07, 6.45) is 0. The second kappa shape index (κ2) is 3.50. The summed E-state index contributed by atoms with van der Waals surface area (Å²) in [6.45, 7) is 0. The van der Waals surface area contributed by atoms with Crippen molar-refractivity contribution in [2.75, 3.05) is 9.74 Å². The van der Waals surface area contributed by atoms with E-state index >= 15 is 0 Å². The molecule has 2 rings (SSSR count). The van der Waals surface area contributed by atoms with E-state index in [-0.39, 0.29) is 4.90 Å². The zero-order chi connectivity index (χ0) is 10.2. The van der Waals surface area contributed by atoms with E-state index in [0.29, 0.717) is 16.0 Å². The van der Waals surface area contributed by atoms with Crippen molar-refractivity contribution in [3.63, 3.8) is 0 Å².